The van der Waals surface area contributed by atoms with Crippen LogP contribution in [0, 0.1) is 5.92 Å². The van der Waals surface area contributed by atoms with Gasteiger partial charge in [-0.2, -0.15) is 0 Å². The number of halogens is 1. The Balaban J connectivity index is 0.000000269. The SMILES string of the molecule is CC1(C)CC(C(c2ccc(Cl)cc2)C(NC(=O)CN)C(=O)NC2CCCC2)CCO1.CCC1CN[C@@H]2CCCS(=O)N1C2. The monoisotopic (exact) mass is 637 g/mol. The van der Waals surface area contributed by atoms with Crippen molar-refractivity contribution in [2.45, 2.75) is 114 Å². The van der Waals surface area contributed by atoms with Crippen LogP contribution in [-0.4, -0.2) is 82.1 Å². The quantitative estimate of drug-likeness (QED) is 0.345. The standard InChI is InChI=1S/C23H34ClN3O3.C9H18N2OS/c1-23(2)13-16(11-12-30-23)20(15-7-9-17(24)10-8-15)21(27-19(28)14-25)22(29)26-18-5-3-4-6-18;1-2-9-6-10-8-4-3-5-13(12)11(9)7-8/h7-10,16,18,20-21H,3-6,11-14,25H2,1-2H3,(H,26,29)(H,27,28);8-10H,2-7H2,1H3/t;8-,9?,13?/m.1/s1. The molecule has 9 nitrogen and oxygen atoms in total. The van der Waals surface area contributed by atoms with Crippen molar-refractivity contribution < 1.29 is 18.5 Å². The van der Waals surface area contributed by atoms with Crippen LogP contribution in [0.2, 0.25) is 5.02 Å². The van der Waals surface area contributed by atoms with Gasteiger partial charge in [-0.05, 0) is 82.4 Å². The van der Waals surface area contributed by atoms with E-state index in [1.54, 1.807) is 0 Å². The first kappa shape index (κ1) is 34.3. The maximum Gasteiger partial charge on any atom is 0.243 e. The summed E-state index contributed by atoms with van der Waals surface area (Å²) in [5, 5.41) is 10.3. The molecule has 2 bridgehead atoms. The van der Waals surface area contributed by atoms with Gasteiger partial charge in [0, 0.05) is 54.5 Å². The Morgan fingerprint density at radius 3 is 2.53 bits per heavy atom. The normalized spacial score (nSPS) is 30.2. The van der Waals surface area contributed by atoms with Crippen molar-refractivity contribution in [3.05, 3.63) is 34.9 Å². The van der Waals surface area contributed by atoms with Crippen LogP contribution in [0.3, 0.4) is 0 Å². The van der Waals surface area contributed by atoms with Gasteiger partial charge in [0.05, 0.1) is 23.1 Å². The number of piperazine rings is 1. The fraction of sp³-hybridized carbons (Fsp3) is 0.750. The summed E-state index contributed by atoms with van der Waals surface area (Å²) < 4.78 is 19.9. The van der Waals surface area contributed by atoms with Gasteiger partial charge in [-0.25, -0.2) is 8.51 Å². The van der Waals surface area contributed by atoms with Gasteiger partial charge >= 0.3 is 0 Å². The maximum absolute atomic E-state index is 13.4. The van der Waals surface area contributed by atoms with E-state index >= 15 is 0 Å². The number of ether oxygens (including phenoxy) is 1. The first-order valence-electron chi connectivity index (χ1n) is 16.2. The topological polar surface area (TPSA) is 126 Å². The Morgan fingerprint density at radius 2 is 1.88 bits per heavy atom. The lowest BCUT2D eigenvalue weighted by Gasteiger charge is -2.42. The molecule has 1 aliphatic carbocycles. The number of hydrogen-bond acceptors (Lipinski definition) is 6. The second kappa shape index (κ2) is 16.1. The molecular weight excluding hydrogens is 586 g/mol. The molecule has 7 atom stereocenters. The van der Waals surface area contributed by atoms with Gasteiger partial charge in [0.15, 0.2) is 0 Å². The molecule has 1 saturated carbocycles. The molecule has 5 N–H and O–H groups in total. The molecule has 0 spiro atoms. The molecular formula is C32H52ClN5O4S. The molecule has 6 unspecified atom stereocenters. The van der Waals surface area contributed by atoms with Crippen LogP contribution < -0.4 is 21.7 Å². The van der Waals surface area contributed by atoms with E-state index in [9.17, 15) is 13.8 Å². The zero-order chi connectivity index (χ0) is 31.0. The van der Waals surface area contributed by atoms with E-state index in [1.165, 1.54) is 6.42 Å². The maximum atomic E-state index is 13.4. The number of fused-ring (bicyclic) bond motifs is 2. The van der Waals surface area contributed by atoms with Crippen molar-refractivity contribution in [3.8, 4) is 0 Å². The van der Waals surface area contributed by atoms with Crippen LogP contribution in [0.5, 0.6) is 0 Å². The zero-order valence-electron chi connectivity index (χ0n) is 26.1. The number of nitrogens with zero attached hydrogens (tertiary/aromatic N) is 1. The molecule has 0 radical (unpaired) electrons. The summed E-state index contributed by atoms with van der Waals surface area (Å²) in [5.74, 6) is 0.392. The van der Waals surface area contributed by atoms with Crippen LogP contribution in [0.1, 0.15) is 90.0 Å². The number of amides is 2. The third kappa shape index (κ3) is 9.71. The summed E-state index contributed by atoms with van der Waals surface area (Å²) in [7, 11) is -0.701. The molecule has 3 aliphatic heterocycles. The average molecular weight is 638 g/mol. The molecule has 1 aromatic rings. The number of hydrogen-bond donors (Lipinski definition) is 4. The Bertz CT molecular complexity index is 1080. The van der Waals surface area contributed by atoms with Crippen molar-refractivity contribution in [1.82, 2.24) is 20.3 Å². The van der Waals surface area contributed by atoms with E-state index in [4.69, 9.17) is 22.1 Å². The molecule has 5 rings (SSSR count). The first-order valence-corrected chi connectivity index (χ1v) is 17.8. The van der Waals surface area contributed by atoms with E-state index in [0.717, 1.165) is 75.8 Å². The van der Waals surface area contributed by atoms with Crippen molar-refractivity contribution in [2.24, 2.45) is 11.7 Å². The predicted octanol–water partition coefficient (Wildman–Crippen LogP) is 3.63. The lowest BCUT2D eigenvalue weighted by atomic mass is 9.73. The third-order valence-corrected chi connectivity index (χ3v) is 11.3. The van der Waals surface area contributed by atoms with E-state index in [1.807, 2.05) is 24.3 Å². The molecule has 0 aromatic heterocycles. The first-order chi connectivity index (χ1) is 20.6. The molecule has 1 aromatic carbocycles. The summed E-state index contributed by atoms with van der Waals surface area (Å²) in [6.07, 6.45) is 9.24. The van der Waals surface area contributed by atoms with Gasteiger partial charge < -0.3 is 26.4 Å². The summed E-state index contributed by atoms with van der Waals surface area (Å²) in [6.45, 7) is 8.81. The summed E-state index contributed by atoms with van der Waals surface area (Å²) >= 11 is 6.12. The second-order valence-corrected chi connectivity index (χ2v) is 15.1. The highest BCUT2D eigenvalue weighted by Crippen LogP contribution is 2.40. The van der Waals surface area contributed by atoms with E-state index in [-0.39, 0.29) is 41.8 Å². The highest BCUT2D eigenvalue weighted by Gasteiger charge is 2.41. The molecule has 43 heavy (non-hydrogen) atoms. The lowest BCUT2D eigenvalue weighted by Crippen LogP contribution is -2.55. The van der Waals surface area contributed by atoms with Crippen LogP contribution in [-0.2, 0) is 25.3 Å². The van der Waals surface area contributed by atoms with Gasteiger partial charge in [0.1, 0.15) is 6.04 Å². The predicted molar refractivity (Wildman–Crippen MR) is 173 cm³/mol. The van der Waals surface area contributed by atoms with E-state index in [2.05, 4.69) is 41.0 Å². The highest BCUT2D eigenvalue weighted by molar-refractivity contribution is 7.82. The number of carbonyl (C=O) groups excluding carboxylic acids is 2. The molecule has 242 valence electrons. The average Bonchev–Trinajstić information content (AvgIpc) is 3.45. The summed E-state index contributed by atoms with van der Waals surface area (Å²) in [6, 6.07) is 8.16. The van der Waals surface area contributed by atoms with Gasteiger partial charge in [-0.3, -0.25) is 9.59 Å². The highest BCUT2D eigenvalue weighted by atomic mass is 35.5. The lowest BCUT2D eigenvalue weighted by molar-refractivity contribution is -0.131. The van der Waals surface area contributed by atoms with Crippen molar-refractivity contribution in [2.75, 3.05) is 32.0 Å². The largest absolute Gasteiger partial charge is 0.376 e. The fourth-order valence-electron chi connectivity index (χ4n) is 7.12. The minimum Gasteiger partial charge on any atom is -0.376 e. The smallest absolute Gasteiger partial charge is 0.243 e. The van der Waals surface area contributed by atoms with Gasteiger partial charge in [-0.15, -0.1) is 0 Å². The fourth-order valence-corrected chi connectivity index (χ4v) is 8.79. The van der Waals surface area contributed by atoms with E-state index in [0.29, 0.717) is 23.7 Å². The Kier molecular flexibility index (Phi) is 12.9. The van der Waals surface area contributed by atoms with Crippen molar-refractivity contribution in [1.29, 1.82) is 0 Å². The Hall–Kier alpha value is -1.56. The molecule has 11 heteroatoms. The molecule has 3 heterocycles. The summed E-state index contributed by atoms with van der Waals surface area (Å²) in [5.41, 5.74) is 6.29. The number of rotatable bonds is 8. The Morgan fingerprint density at radius 1 is 1.16 bits per heavy atom. The van der Waals surface area contributed by atoms with Gasteiger partial charge in [-0.1, -0.05) is 43.5 Å². The molecule has 3 saturated heterocycles. The molecule has 4 fully saturated rings. The van der Waals surface area contributed by atoms with Crippen LogP contribution in [0.15, 0.2) is 24.3 Å². The summed E-state index contributed by atoms with van der Waals surface area (Å²) in [4.78, 5) is 25.7. The van der Waals surface area contributed by atoms with Crippen LogP contribution >= 0.6 is 11.6 Å². The van der Waals surface area contributed by atoms with Crippen LogP contribution in [0.4, 0.5) is 0 Å². The number of carbonyl (C=O) groups is 2. The second-order valence-electron chi connectivity index (χ2n) is 13.1. The van der Waals surface area contributed by atoms with Crippen molar-refractivity contribution >= 4 is 34.4 Å². The third-order valence-electron chi connectivity index (χ3n) is 9.40. The van der Waals surface area contributed by atoms with Gasteiger partial charge in [0.2, 0.25) is 11.8 Å². The number of benzene rings is 1. The molecule has 2 amide bonds. The van der Waals surface area contributed by atoms with E-state index < -0.39 is 17.0 Å². The molecule has 4 aliphatic rings. The minimum atomic E-state index is -0.701. The number of nitrogens with two attached hydrogens (primary N) is 1. The van der Waals surface area contributed by atoms with Crippen LogP contribution in [0.25, 0.3) is 0 Å². The zero-order valence-corrected chi connectivity index (χ0v) is 27.7. The number of nitrogens with one attached hydrogen (secondary N) is 3. The van der Waals surface area contributed by atoms with Gasteiger partial charge in [0.25, 0.3) is 0 Å². The minimum absolute atomic E-state index is 0.132. The Labute approximate surface area is 265 Å². The van der Waals surface area contributed by atoms with Crippen molar-refractivity contribution in [3.63, 3.8) is 0 Å².